The van der Waals surface area contributed by atoms with Gasteiger partial charge in [0.05, 0.1) is 6.20 Å². The number of carboxylic acid groups (broad SMARTS) is 1. The average Bonchev–Trinajstić information content (AvgIpc) is 3.07. The van der Waals surface area contributed by atoms with Crippen LogP contribution in [0.15, 0.2) is 24.4 Å². The number of aromatic carboxylic acids is 1. The second-order valence-corrected chi connectivity index (χ2v) is 6.57. The lowest BCUT2D eigenvalue weighted by atomic mass is 10.1. The van der Waals surface area contributed by atoms with Crippen LogP contribution in [0.3, 0.4) is 0 Å². The zero-order valence-electron chi connectivity index (χ0n) is 14.9. The Balaban J connectivity index is 1.52. The van der Waals surface area contributed by atoms with Crippen molar-refractivity contribution in [3.8, 4) is 5.75 Å². The molecule has 1 amide bonds. The zero-order chi connectivity index (χ0) is 18.7. The molecule has 1 aliphatic heterocycles. The lowest BCUT2D eigenvalue weighted by Crippen LogP contribution is -2.43. The number of aromatic nitrogens is 3. The number of likely N-dealkylation sites (tertiary alicyclic amines) is 1. The molecule has 0 atom stereocenters. The monoisotopic (exact) mass is 358 g/mol. The first-order chi connectivity index (χ1) is 12.4. The van der Waals surface area contributed by atoms with Gasteiger partial charge in [0.15, 0.2) is 5.69 Å². The Labute approximate surface area is 151 Å². The molecule has 0 radical (unpaired) electrons. The van der Waals surface area contributed by atoms with E-state index in [4.69, 9.17) is 9.84 Å². The van der Waals surface area contributed by atoms with Gasteiger partial charge in [-0.25, -0.2) is 9.48 Å². The second kappa shape index (κ2) is 7.55. The molecule has 1 aliphatic rings. The Morgan fingerprint density at radius 1 is 1.27 bits per heavy atom. The van der Waals surface area contributed by atoms with Gasteiger partial charge in [-0.1, -0.05) is 17.3 Å². The first-order valence-corrected chi connectivity index (χ1v) is 8.57. The molecule has 26 heavy (non-hydrogen) atoms. The Kier molecular flexibility index (Phi) is 5.20. The zero-order valence-corrected chi connectivity index (χ0v) is 14.9. The highest BCUT2D eigenvalue weighted by Crippen LogP contribution is 2.24. The fourth-order valence-corrected chi connectivity index (χ4v) is 2.95. The van der Waals surface area contributed by atoms with Crippen LogP contribution in [0, 0.1) is 13.8 Å². The number of hydrogen-bond donors (Lipinski definition) is 1. The van der Waals surface area contributed by atoms with E-state index in [-0.39, 0.29) is 24.2 Å². The molecule has 1 fully saturated rings. The highest BCUT2D eigenvalue weighted by atomic mass is 16.5. The van der Waals surface area contributed by atoms with Crippen LogP contribution >= 0.6 is 0 Å². The number of ether oxygens (including phenoxy) is 1. The molecule has 0 unspecified atom stereocenters. The van der Waals surface area contributed by atoms with Gasteiger partial charge in [-0.05, 0) is 31.0 Å². The molecule has 3 rings (SSSR count). The third-order valence-electron chi connectivity index (χ3n) is 4.49. The van der Waals surface area contributed by atoms with E-state index >= 15 is 0 Å². The van der Waals surface area contributed by atoms with Crippen LogP contribution in [-0.4, -0.2) is 56.1 Å². The van der Waals surface area contributed by atoms with Crippen molar-refractivity contribution in [2.24, 2.45) is 0 Å². The third kappa shape index (κ3) is 4.19. The summed E-state index contributed by atoms with van der Waals surface area (Å²) in [5, 5.41) is 16.0. The third-order valence-corrected chi connectivity index (χ3v) is 4.49. The van der Waals surface area contributed by atoms with Crippen LogP contribution in [0.1, 0.15) is 34.5 Å². The van der Waals surface area contributed by atoms with E-state index in [1.807, 2.05) is 26.0 Å². The van der Waals surface area contributed by atoms with Crippen molar-refractivity contribution in [1.82, 2.24) is 19.9 Å². The highest BCUT2D eigenvalue weighted by molar-refractivity contribution is 5.84. The minimum Gasteiger partial charge on any atom is -0.490 e. The number of carboxylic acids is 1. The highest BCUT2D eigenvalue weighted by Gasteiger charge is 2.25. The van der Waals surface area contributed by atoms with Gasteiger partial charge in [0.1, 0.15) is 18.4 Å². The summed E-state index contributed by atoms with van der Waals surface area (Å²) < 4.78 is 7.37. The number of benzene rings is 1. The van der Waals surface area contributed by atoms with Crippen molar-refractivity contribution in [2.45, 2.75) is 39.3 Å². The summed E-state index contributed by atoms with van der Waals surface area (Å²) in [5.41, 5.74) is 2.10. The molecule has 2 aromatic rings. The van der Waals surface area contributed by atoms with Gasteiger partial charge in [-0.3, -0.25) is 4.79 Å². The summed E-state index contributed by atoms with van der Waals surface area (Å²) in [6, 6.07) is 6.15. The Bertz CT molecular complexity index is 809. The number of carbonyl (C=O) groups excluding carboxylic acids is 1. The molecule has 8 nitrogen and oxygen atoms in total. The van der Waals surface area contributed by atoms with E-state index in [1.54, 1.807) is 4.90 Å². The van der Waals surface area contributed by atoms with Crippen LogP contribution in [0.25, 0.3) is 0 Å². The number of nitrogens with zero attached hydrogens (tertiary/aromatic N) is 4. The van der Waals surface area contributed by atoms with Crippen LogP contribution in [-0.2, 0) is 11.3 Å². The molecule has 0 saturated carbocycles. The largest absolute Gasteiger partial charge is 0.490 e. The summed E-state index contributed by atoms with van der Waals surface area (Å²) in [5.74, 6) is -0.358. The van der Waals surface area contributed by atoms with Crippen LogP contribution < -0.4 is 4.74 Å². The van der Waals surface area contributed by atoms with Gasteiger partial charge in [-0.15, -0.1) is 5.10 Å². The molecule has 0 spiro atoms. The maximum absolute atomic E-state index is 12.4. The van der Waals surface area contributed by atoms with E-state index in [2.05, 4.69) is 16.4 Å². The Morgan fingerprint density at radius 2 is 2.00 bits per heavy atom. The lowest BCUT2D eigenvalue weighted by molar-refractivity contribution is -0.133. The fraction of sp³-hybridized carbons (Fsp3) is 0.444. The molecule has 1 aromatic heterocycles. The van der Waals surface area contributed by atoms with E-state index in [9.17, 15) is 9.59 Å². The Hall–Kier alpha value is -2.90. The number of hydrogen-bond acceptors (Lipinski definition) is 5. The molecule has 0 bridgehead atoms. The first kappa shape index (κ1) is 17.9. The van der Waals surface area contributed by atoms with Gasteiger partial charge in [0.2, 0.25) is 5.91 Å². The standard InChI is InChI=1S/C18H22N4O4/c1-12-3-4-13(2)16(9-12)26-14-5-7-21(8-6-14)17(23)11-22-10-15(18(24)25)19-20-22/h3-4,9-10,14H,5-8,11H2,1-2H3,(H,24,25). The first-order valence-electron chi connectivity index (χ1n) is 8.57. The molecule has 138 valence electrons. The number of amides is 1. The van der Waals surface area contributed by atoms with E-state index < -0.39 is 5.97 Å². The fourth-order valence-electron chi connectivity index (χ4n) is 2.95. The van der Waals surface area contributed by atoms with Crippen molar-refractivity contribution in [3.63, 3.8) is 0 Å². The molecule has 1 N–H and O–H groups in total. The van der Waals surface area contributed by atoms with Gasteiger partial charge in [-0.2, -0.15) is 0 Å². The molecule has 0 aliphatic carbocycles. The van der Waals surface area contributed by atoms with Gasteiger partial charge in [0.25, 0.3) is 0 Å². The molecule has 1 aromatic carbocycles. The van der Waals surface area contributed by atoms with Crippen molar-refractivity contribution in [1.29, 1.82) is 0 Å². The number of rotatable bonds is 5. The lowest BCUT2D eigenvalue weighted by Gasteiger charge is -2.32. The molecule has 2 heterocycles. The van der Waals surface area contributed by atoms with Crippen LogP contribution in [0.2, 0.25) is 0 Å². The molecular weight excluding hydrogens is 336 g/mol. The number of carbonyl (C=O) groups is 2. The predicted octanol–water partition coefficient (Wildman–Crippen LogP) is 1.66. The minimum absolute atomic E-state index is 0.0111. The number of piperidine rings is 1. The quantitative estimate of drug-likeness (QED) is 0.873. The van der Waals surface area contributed by atoms with Crippen LogP contribution in [0.5, 0.6) is 5.75 Å². The minimum atomic E-state index is -1.16. The average molecular weight is 358 g/mol. The van der Waals surface area contributed by atoms with Crippen LogP contribution in [0.4, 0.5) is 0 Å². The predicted molar refractivity (Wildman–Crippen MR) is 93.1 cm³/mol. The van der Waals surface area contributed by atoms with Gasteiger partial charge >= 0.3 is 5.97 Å². The number of aryl methyl sites for hydroxylation is 2. The summed E-state index contributed by atoms with van der Waals surface area (Å²) in [7, 11) is 0. The maximum atomic E-state index is 12.4. The van der Waals surface area contributed by atoms with Crippen molar-refractivity contribution < 1.29 is 19.4 Å². The topological polar surface area (TPSA) is 97.5 Å². The van der Waals surface area contributed by atoms with E-state index in [0.29, 0.717) is 13.1 Å². The SMILES string of the molecule is Cc1ccc(C)c(OC2CCN(C(=O)Cn3cc(C(=O)O)nn3)CC2)c1. The normalized spacial score (nSPS) is 15.1. The Morgan fingerprint density at radius 3 is 2.65 bits per heavy atom. The summed E-state index contributed by atoms with van der Waals surface area (Å²) in [6.07, 6.45) is 2.87. The van der Waals surface area contributed by atoms with Crippen molar-refractivity contribution in [3.05, 3.63) is 41.2 Å². The molecule has 1 saturated heterocycles. The molecule has 8 heteroatoms. The molecular formula is C18H22N4O4. The maximum Gasteiger partial charge on any atom is 0.358 e. The van der Waals surface area contributed by atoms with Crippen molar-refractivity contribution in [2.75, 3.05) is 13.1 Å². The smallest absolute Gasteiger partial charge is 0.358 e. The van der Waals surface area contributed by atoms with E-state index in [1.165, 1.54) is 10.9 Å². The van der Waals surface area contributed by atoms with Gasteiger partial charge < -0.3 is 14.7 Å². The van der Waals surface area contributed by atoms with Crippen molar-refractivity contribution >= 4 is 11.9 Å². The summed E-state index contributed by atoms with van der Waals surface area (Å²) in [4.78, 5) is 24.9. The van der Waals surface area contributed by atoms with Gasteiger partial charge in [0, 0.05) is 25.9 Å². The summed E-state index contributed by atoms with van der Waals surface area (Å²) in [6.45, 7) is 5.26. The van der Waals surface area contributed by atoms with E-state index in [0.717, 1.165) is 29.7 Å². The summed E-state index contributed by atoms with van der Waals surface area (Å²) >= 11 is 0. The second-order valence-electron chi connectivity index (χ2n) is 6.57.